The molecule has 2 aromatic rings. The fourth-order valence-corrected chi connectivity index (χ4v) is 4.08. The van der Waals surface area contributed by atoms with Gasteiger partial charge in [0.15, 0.2) is 5.13 Å². The second-order valence-electron chi connectivity index (χ2n) is 5.57. The molecule has 1 spiro atoms. The molecule has 1 amide bonds. The lowest BCUT2D eigenvalue weighted by atomic mass is 9.85. The molecule has 2 aliphatic rings. The first kappa shape index (κ1) is 10.9. The molecule has 1 atom stereocenters. The lowest BCUT2D eigenvalue weighted by molar-refractivity contribution is -0.126. The Morgan fingerprint density at radius 3 is 3.20 bits per heavy atom. The van der Waals surface area contributed by atoms with Crippen LogP contribution in [0.2, 0.25) is 0 Å². The third-order valence-electron chi connectivity index (χ3n) is 4.15. The molecule has 5 heteroatoms. The van der Waals surface area contributed by atoms with Gasteiger partial charge in [-0.1, -0.05) is 30.0 Å². The second-order valence-corrected chi connectivity index (χ2v) is 6.54. The van der Waals surface area contributed by atoms with E-state index in [-0.39, 0.29) is 11.3 Å². The van der Waals surface area contributed by atoms with Crippen molar-refractivity contribution < 1.29 is 6.17 Å². The first-order chi connectivity index (χ1) is 10.1. The Labute approximate surface area is 122 Å². The van der Waals surface area contributed by atoms with Crippen molar-refractivity contribution in [2.24, 2.45) is 5.41 Å². The quantitative estimate of drug-likeness (QED) is 0.876. The van der Waals surface area contributed by atoms with E-state index in [4.69, 9.17) is 1.37 Å². The maximum atomic E-state index is 12.2. The van der Waals surface area contributed by atoms with E-state index < -0.39 is 0 Å². The molecule has 0 radical (unpaired) electrons. The number of rotatable bonds is 1. The molecule has 102 valence electrons. The summed E-state index contributed by atoms with van der Waals surface area (Å²) >= 11 is 1.54. The summed E-state index contributed by atoms with van der Waals surface area (Å²) in [5.41, 5.74) is 1.35. The van der Waals surface area contributed by atoms with Gasteiger partial charge in [0.25, 0.3) is 0 Å². The Morgan fingerprint density at radius 2 is 2.45 bits per heavy atom. The van der Waals surface area contributed by atoms with Crippen molar-refractivity contribution in [1.82, 2.24) is 10.3 Å². The van der Waals surface area contributed by atoms with Crippen LogP contribution in [0, 0.1) is 5.41 Å². The monoisotopic (exact) mass is 287 g/mol. The van der Waals surface area contributed by atoms with Gasteiger partial charge in [-0.25, -0.2) is 4.98 Å². The van der Waals surface area contributed by atoms with Gasteiger partial charge in [-0.2, -0.15) is 0 Å². The van der Waals surface area contributed by atoms with E-state index in [1.807, 2.05) is 12.1 Å². The van der Waals surface area contributed by atoms with Crippen LogP contribution in [0.25, 0.3) is 10.2 Å². The third-order valence-corrected chi connectivity index (χ3v) is 5.22. The number of hydrogen-bond acceptors (Lipinski definition) is 4. The Bertz CT molecular complexity index is 771. The fraction of sp³-hybridized carbons (Fsp3) is 0.333. The number of nitrogens with one attached hydrogen (secondary N) is 1. The van der Waals surface area contributed by atoms with Gasteiger partial charge in [0.05, 0.1) is 17.0 Å². The van der Waals surface area contributed by atoms with Crippen LogP contribution in [0.15, 0.2) is 36.5 Å². The summed E-state index contributed by atoms with van der Waals surface area (Å²) < 4.78 is 8.85. The minimum absolute atomic E-state index is 0.0947. The van der Waals surface area contributed by atoms with Gasteiger partial charge in [-0.05, 0) is 18.5 Å². The van der Waals surface area contributed by atoms with Gasteiger partial charge < -0.3 is 10.2 Å². The highest BCUT2D eigenvalue weighted by atomic mass is 32.1. The molecule has 3 heterocycles. The Balaban J connectivity index is 1.67. The van der Waals surface area contributed by atoms with Crippen molar-refractivity contribution in [3.63, 3.8) is 0 Å². The maximum absolute atomic E-state index is 12.2. The van der Waals surface area contributed by atoms with E-state index in [2.05, 4.69) is 21.8 Å². The Kier molecular flexibility index (Phi) is 2.20. The summed E-state index contributed by atoms with van der Waals surface area (Å²) in [6, 6.07) is 6.08. The van der Waals surface area contributed by atoms with Gasteiger partial charge in [0.2, 0.25) is 5.91 Å². The number of amides is 1. The van der Waals surface area contributed by atoms with Gasteiger partial charge in [0, 0.05) is 25.2 Å². The summed E-state index contributed by atoms with van der Waals surface area (Å²) in [6.07, 6.45) is 1.55. The predicted molar refractivity (Wildman–Crippen MR) is 80.8 cm³/mol. The van der Waals surface area contributed by atoms with E-state index in [1.165, 1.54) is 11.3 Å². The zero-order valence-corrected chi connectivity index (χ0v) is 11.8. The molecule has 1 aromatic carbocycles. The number of nitrogens with zero attached hydrogens (tertiary/aromatic N) is 2. The van der Waals surface area contributed by atoms with E-state index in [1.54, 1.807) is 6.07 Å². The normalized spacial score (nSPS) is 26.6. The van der Waals surface area contributed by atoms with Gasteiger partial charge in [-0.15, -0.1) is 0 Å². The molecule has 0 saturated carbocycles. The molecule has 0 aliphatic carbocycles. The van der Waals surface area contributed by atoms with E-state index in [0.29, 0.717) is 12.6 Å². The molecule has 20 heavy (non-hydrogen) atoms. The number of carbonyl (C=O) groups excluding carboxylic acids is 1. The average molecular weight is 287 g/mol. The number of thiazole rings is 1. The minimum atomic E-state index is -0.335. The highest BCUT2D eigenvalue weighted by molar-refractivity contribution is 7.22. The van der Waals surface area contributed by atoms with Crippen LogP contribution in [-0.2, 0) is 4.79 Å². The first-order valence-electron chi connectivity index (χ1n) is 7.18. The smallest absolute Gasteiger partial charge is 0.232 e. The Morgan fingerprint density at radius 1 is 1.55 bits per heavy atom. The number of carbonyl (C=O) groups is 1. The van der Waals surface area contributed by atoms with Gasteiger partial charge >= 0.3 is 0 Å². The van der Waals surface area contributed by atoms with Crippen LogP contribution >= 0.6 is 11.3 Å². The number of para-hydroxylation sites is 1. The van der Waals surface area contributed by atoms with Crippen LogP contribution in [-0.4, -0.2) is 24.0 Å². The zero-order chi connectivity index (χ0) is 14.6. The first-order valence-corrected chi connectivity index (χ1v) is 7.49. The highest BCUT2D eigenvalue weighted by Gasteiger charge is 2.49. The van der Waals surface area contributed by atoms with Gasteiger partial charge in [-0.3, -0.25) is 4.79 Å². The number of hydrogen-bond donors (Lipinski definition) is 1. The average Bonchev–Trinajstić information content (AvgIpc) is 3.09. The largest absolute Gasteiger partial charge is 0.347 e. The molecule has 0 bridgehead atoms. The third kappa shape index (κ3) is 1.66. The van der Waals surface area contributed by atoms with Crippen molar-refractivity contribution in [1.29, 1.82) is 0 Å². The van der Waals surface area contributed by atoms with Crippen molar-refractivity contribution in [2.45, 2.75) is 12.8 Å². The molecule has 2 saturated heterocycles. The standard InChI is InChI=1S/C15H15N3OS/c1-10-8-15(13(19)16-10)6-7-18(9-15)14-17-11-4-2-3-5-12(11)20-14/h2-5H,1,6-9H2,(H,16,19)/i5T. The maximum Gasteiger partial charge on any atom is 0.232 e. The number of allylic oxidation sites excluding steroid dienone is 1. The lowest BCUT2D eigenvalue weighted by Gasteiger charge is -2.20. The van der Waals surface area contributed by atoms with Crippen molar-refractivity contribution >= 4 is 32.6 Å². The summed E-state index contributed by atoms with van der Waals surface area (Å²) in [5, 5.41) is 3.76. The Hall–Kier alpha value is -1.88. The molecule has 2 aliphatic heterocycles. The van der Waals surface area contributed by atoms with E-state index in [9.17, 15) is 4.79 Å². The SMILES string of the molecule is [3H]c1cccc2nc(N3CCC4(CC(=C)NC4=O)C3)sc12. The number of fused-ring (bicyclic) bond motifs is 1. The van der Waals surface area contributed by atoms with Crippen molar-refractivity contribution in [3.05, 3.63) is 36.5 Å². The van der Waals surface area contributed by atoms with Crippen molar-refractivity contribution in [2.75, 3.05) is 18.0 Å². The topological polar surface area (TPSA) is 45.2 Å². The summed E-state index contributed by atoms with van der Waals surface area (Å²) in [6.45, 7) is 5.39. The molecule has 4 nitrogen and oxygen atoms in total. The van der Waals surface area contributed by atoms with Crippen LogP contribution in [0.1, 0.15) is 14.2 Å². The van der Waals surface area contributed by atoms with Crippen molar-refractivity contribution in [3.8, 4) is 0 Å². The lowest BCUT2D eigenvalue weighted by Crippen LogP contribution is -2.34. The number of benzene rings is 1. The molecule has 1 unspecified atom stereocenters. The van der Waals surface area contributed by atoms with E-state index >= 15 is 0 Å². The summed E-state index contributed by atoms with van der Waals surface area (Å²) in [5.74, 6) is 0.0947. The van der Waals surface area contributed by atoms with Gasteiger partial charge in [0.1, 0.15) is 0 Å². The molecule has 2 fully saturated rings. The van der Waals surface area contributed by atoms with Crippen LogP contribution in [0.3, 0.4) is 0 Å². The van der Waals surface area contributed by atoms with Crippen LogP contribution in [0.4, 0.5) is 5.13 Å². The highest BCUT2D eigenvalue weighted by Crippen LogP contribution is 2.43. The molecule has 1 aromatic heterocycles. The minimum Gasteiger partial charge on any atom is -0.347 e. The predicted octanol–water partition coefficient (Wildman–Crippen LogP) is 2.53. The second kappa shape index (κ2) is 4.06. The van der Waals surface area contributed by atoms with E-state index in [0.717, 1.165) is 40.4 Å². The number of aromatic nitrogens is 1. The molecule has 4 rings (SSSR count). The zero-order valence-electron chi connectivity index (χ0n) is 12.0. The summed E-state index contributed by atoms with van der Waals surface area (Å²) in [4.78, 5) is 19.0. The summed E-state index contributed by atoms with van der Waals surface area (Å²) in [7, 11) is 0. The fourth-order valence-electron chi connectivity index (χ4n) is 3.13. The van der Waals surface area contributed by atoms with Crippen LogP contribution < -0.4 is 10.2 Å². The molecule has 1 N–H and O–H groups in total. The number of anilines is 1. The molecular formula is C15H15N3OS. The molecular weight excluding hydrogens is 270 g/mol. The van der Waals surface area contributed by atoms with Crippen LogP contribution in [0.5, 0.6) is 0 Å².